The fourth-order valence-electron chi connectivity index (χ4n) is 3.17. The van der Waals surface area contributed by atoms with Gasteiger partial charge < -0.3 is 15.2 Å². The summed E-state index contributed by atoms with van der Waals surface area (Å²) < 4.78 is 5.97. The minimum atomic E-state index is -0.137. The molecule has 3 nitrogen and oxygen atoms in total. The molecular weight excluding hydrogens is 298 g/mol. The molecule has 1 heterocycles. The standard InChI is InChI=1S/C21H27NO2/c1-21(2)11-10-18-13-17(19(23)14-20(18)24-21)9-6-12-22-15-16-7-4-3-5-8-16/h3-5,7-8,13-14,22-23H,6,9-12,15H2,1-2H3. The van der Waals surface area contributed by atoms with Crippen molar-refractivity contribution in [2.45, 2.75) is 51.7 Å². The monoisotopic (exact) mass is 325 g/mol. The third kappa shape index (κ3) is 4.30. The fourth-order valence-corrected chi connectivity index (χ4v) is 3.17. The van der Waals surface area contributed by atoms with Crippen molar-refractivity contribution in [1.29, 1.82) is 0 Å². The Bertz CT molecular complexity index is 680. The Morgan fingerprint density at radius 2 is 1.96 bits per heavy atom. The van der Waals surface area contributed by atoms with Crippen LogP contribution in [-0.2, 0) is 19.4 Å². The second-order valence-corrected chi connectivity index (χ2v) is 7.22. The van der Waals surface area contributed by atoms with E-state index in [0.717, 1.165) is 50.1 Å². The van der Waals surface area contributed by atoms with E-state index in [1.165, 1.54) is 11.1 Å². The molecule has 0 fully saturated rings. The van der Waals surface area contributed by atoms with Gasteiger partial charge in [0.05, 0.1) is 0 Å². The molecular formula is C21H27NO2. The molecule has 0 radical (unpaired) electrons. The lowest BCUT2D eigenvalue weighted by Crippen LogP contribution is -2.32. The van der Waals surface area contributed by atoms with E-state index in [1.54, 1.807) is 6.07 Å². The Hall–Kier alpha value is -2.00. The number of aromatic hydroxyl groups is 1. The zero-order valence-corrected chi connectivity index (χ0v) is 14.6. The maximum atomic E-state index is 10.3. The van der Waals surface area contributed by atoms with Gasteiger partial charge >= 0.3 is 0 Å². The van der Waals surface area contributed by atoms with Gasteiger partial charge in [-0.15, -0.1) is 0 Å². The van der Waals surface area contributed by atoms with E-state index < -0.39 is 0 Å². The number of nitrogens with one attached hydrogen (secondary N) is 1. The van der Waals surface area contributed by atoms with Crippen molar-refractivity contribution >= 4 is 0 Å². The molecule has 0 aliphatic carbocycles. The summed E-state index contributed by atoms with van der Waals surface area (Å²) in [4.78, 5) is 0. The molecule has 0 saturated carbocycles. The number of hydrogen-bond acceptors (Lipinski definition) is 3. The van der Waals surface area contributed by atoms with Gasteiger partial charge in [0.1, 0.15) is 17.1 Å². The average Bonchev–Trinajstić information content (AvgIpc) is 2.55. The zero-order chi connectivity index (χ0) is 17.0. The Balaban J connectivity index is 1.51. The van der Waals surface area contributed by atoms with E-state index in [2.05, 4.69) is 49.5 Å². The van der Waals surface area contributed by atoms with Crippen LogP contribution >= 0.6 is 0 Å². The average molecular weight is 325 g/mol. The summed E-state index contributed by atoms with van der Waals surface area (Å²) in [6.45, 7) is 6.02. The van der Waals surface area contributed by atoms with Gasteiger partial charge in [-0.05, 0) is 68.8 Å². The quantitative estimate of drug-likeness (QED) is 0.781. The number of hydrogen-bond donors (Lipinski definition) is 2. The van der Waals surface area contributed by atoms with Crippen molar-refractivity contribution in [1.82, 2.24) is 5.32 Å². The highest BCUT2D eigenvalue weighted by atomic mass is 16.5. The van der Waals surface area contributed by atoms with E-state index in [0.29, 0.717) is 5.75 Å². The van der Waals surface area contributed by atoms with Gasteiger partial charge in [0.2, 0.25) is 0 Å². The van der Waals surface area contributed by atoms with Crippen molar-refractivity contribution in [3.05, 3.63) is 59.2 Å². The summed E-state index contributed by atoms with van der Waals surface area (Å²) >= 11 is 0. The summed E-state index contributed by atoms with van der Waals surface area (Å²) in [7, 11) is 0. The molecule has 24 heavy (non-hydrogen) atoms. The minimum Gasteiger partial charge on any atom is -0.508 e. The summed E-state index contributed by atoms with van der Waals surface area (Å²) in [5.41, 5.74) is 3.41. The van der Waals surface area contributed by atoms with Crippen molar-refractivity contribution < 1.29 is 9.84 Å². The molecule has 2 N–H and O–H groups in total. The highest BCUT2D eigenvalue weighted by molar-refractivity contribution is 5.47. The first-order valence-corrected chi connectivity index (χ1v) is 8.82. The number of aryl methyl sites for hydroxylation is 2. The Morgan fingerprint density at radius 3 is 2.75 bits per heavy atom. The van der Waals surface area contributed by atoms with E-state index in [-0.39, 0.29) is 5.60 Å². The first kappa shape index (κ1) is 16.8. The molecule has 0 spiro atoms. The summed E-state index contributed by atoms with van der Waals surface area (Å²) in [6.07, 6.45) is 3.92. The van der Waals surface area contributed by atoms with Gasteiger partial charge in [0.25, 0.3) is 0 Å². The van der Waals surface area contributed by atoms with Crippen LogP contribution in [0, 0.1) is 0 Å². The largest absolute Gasteiger partial charge is 0.508 e. The number of ether oxygens (including phenoxy) is 1. The number of benzene rings is 2. The number of fused-ring (bicyclic) bond motifs is 1. The van der Waals surface area contributed by atoms with Crippen molar-refractivity contribution in [3.8, 4) is 11.5 Å². The molecule has 2 aromatic carbocycles. The van der Waals surface area contributed by atoms with Crippen LogP contribution in [0.1, 0.15) is 43.4 Å². The van der Waals surface area contributed by atoms with Crippen molar-refractivity contribution in [2.75, 3.05) is 6.54 Å². The Morgan fingerprint density at radius 1 is 1.17 bits per heavy atom. The summed E-state index contributed by atoms with van der Waals surface area (Å²) in [5.74, 6) is 1.20. The second-order valence-electron chi connectivity index (χ2n) is 7.22. The van der Waals surface area contributed by atoms with Crippen LogP contribution in [0.5, 0.6) is 11.5 Å². The van der Waals surface area contributed by atoms with Crippen molar-refractivity contribution in [3.63, 3.8) is 0 Å². The van der Waals surface area contributed by atoms with Crippen LogP contribution in [0.25, 0.3) is 0 Å². The maximum absolute atomic E-state index is 10.3. The number of phenols is 1. The normalized spacial score (nSPS) is 15.6. The molecule has 0 aromatic heterocycles. The molecule has 0 amide bonds. The first-order chi connectivity index (χ1) is 11.5. The van der Waals surface area contributed by atoms with Crippen LogP contribution in [0.4, 0.5) is 0 Å². The van der Waals surface area contributed by atoms with E-state index in [1.807, 2.05) is 6.07 Å². The predicted molar refractivity (Wildman–Crippen MR) is 97.6 cm³/mol. The Labute approximate surface area is 144 Å². The molecule has 128 valence electrons. The molecule has 0 bridgehead atoms. The Kier molecular flexibility index (Phi) is 5.10. The SMILES string of the molecule is CC1(C)CCc2cc(CCCNCc3ccccc3)c(O)cc2O1. The highest BCUT2D eigenvalue weighted by Gasteiger charge is 2.27. The van der Waals surface area contributed by atoms with Crippen LogP contribution in [-0.4, -0.2) is 17.3 Å². The van der Waals surface area contributed by atoms with Gasteiger partial charge in [-0.25, -0.2) is 0 Å². The zero-order valence-electron chi connectivity index (χ0n) is 14.6. The number of phenolic OH excluding ortho intramolecular Hbond substituents is 1. The molecule has 2 aromatic rings. The topological polar surface area (TPSA) is 41.5 Å². The summed E-state index contributed by atoms with van der Waals surface area (Å²) in [6, 6.07) is 14.3. The number of rotatable bonds is 6. The van der Waals surface area contributed by atoms with Crippen LogP contribution < -0.4 is 10.1 Å². The van der Waals surface area contributed by atoms with Gasteiger partial charge in [-0.3, -0.25) is 0 Å². The van der Waals surface area contributed by atoms with Gasteiger partial charge in [0, 0.05) is 12.6 Å². The smallest absolute Gasteiger partial charge is 0.127 e. The van der Waals surface area contributed by atoms with Crippen LogP contribution in [0.3, 0.4) is 0 Å². The van der Waals surface area contributed by atoms with E-state index >= 15 is 0 Å². The van der Waals surface area contributed by atoms with E-state index in [4.69, 9.17) is 4.74 Å². The molecule has 3 heteroatoms. The second kappa shape index (κ2) is 7.27. The lowest BCUT2D eigenvalue weighted by Gasteiger charge is -2.33. The summed E-state index contributed by atoms with van der Waals surface area (Å²) in [5, 5.41) is 13.7. The van der Waals surface area contributed by atoms with E-state index in [9.17, 15) is 5.11 Å². The van der Waals surface area contributed by atoms with Gasteiger partial charge in [-0.2, -0.15) is 0 Å². The molecule has 0 saturated heterocycles. The lowest BCUT2D eigenvalue weighted by atomic mass is 9.92. The first-order valence-electron chi connectivity index (χ1n) is 8.82. The molecule has 1 aliphatic rings. The predicted octanol–water partition coefficient (Wildman–Crippen LogP) is 4.22. The minimum absolute atomic E-state index is 0.137. The van der Waals surface area contributed by atoms with Gasteiger partial charge in [0.15, 0.2) is 0 Å². The van der Waals surface area contributed by atoms with Crippen LogP contribution in [0.15, 0.2) is 42.5 Å². The molecule has 0 unspecified atom stereocenters. The lowest BCUT2D eigenvalue weighted by molar-refractivity contribution is 0.0843. The molecule has 3 rings (SSSR count). The maximum Gasteiger partial charge on any atom is 0.127 e. The van der Waals surface area contributed by atoms with Gasteiger partial charge in [-0.1, -0.05) is 30.3 Å². The highest BCUT2D eigenvalue weighted by Crippen LogP contribution is 2.37. The third-order valence-electron chi connectivity index (χ3n) is 4.62. The molecule has 1 aliphatic heterocycles. The molecule has 0 atom stereocenters. The third-order valence-corrected chi connectivity index (χ3v) is 4.62. The van der Waals surface area contributed by atoms with Crippen molar-refractivity contribution in [2.24, 2.45) is 0 Å². The van der Waals surface area contributed by atoms with Crippen LogP contribution in [0.2, 0.25) is 0 Å². The fraction of sp³-hybridized carbons (Fsp3) is 0.429.